The molecule has 0 aliphatic heterocycles. The number of hydrogen-bond donors (Lipinski definition) is 1. The molecule has 0 bridgehead atoms. The monoisotopic (exact) mass is 228 g/mol. The predicted molar refractivity (Wildman–Crippen MR) is 64.6 cm³/mol. The summed E-state index contributed by atoms with van der Waals surface area (Å²) in [5.41, 5.74) is 1.17. The lowest BCUT2D eigenvalue weighted by Gasteiger charge is -2.11. The second kappa shape index (κ2) is 6.20. The van der Waals surface area contributed by atoms with Crippen molar-refractivity contribution >= 4 is 11.3 Å². The summed E-state index contributed by atoms with van der Waals surface area (Å²) >= 11 is 1.80. The molecule has 1 unspecified atom stereocenters. The van der Waals surface area contributed by atoms with Crippen molar-refractivity contribution in [3.05, 3.63) is 15.6 Å². The minimum Gasteiger partial charge on any atom is -0.383 e. The molecule has 3 nitrogen and oxygen atoms in total. The third-order valence-electron chi connectivity index (χ3n) is 2.32. The topological polar surface area (TPSA) is 34.1 Å². The Bertz CT molecular complexity index is 279. The van der Waals surface area contributed by atoms with Gasteiger partial charge in [0, 0.05) is 31.0 Å². The lowest BCUT2D eigenvalue weighted by atomic mass is 10.3. The minimum absolute atomic E-state index is 0.414. The molecule has 0 aliphatic carbocycles. The van der Waals surface area contributed by atoms with Crippen molar-refractivity contribution < 1.29 is 4.74 Å². The Labute approximate surface area is 95.9 Å². The van der Waals surface area contributed by atoms with Gasteiger partial charge in [-0.1, -0.05) is 0 Å². The van der Waals surface area contributed by atoms with E-state index in [-0.39, 0.29) is 0 Å². The number of nitrogens with zero attached hydrogens (tertiary/aromatic N) is 1. The molecular weight excluding hydrogens is 208 g/mol. The zero-order valence-corrected chi connectivity index (χ0v) is 10.8. The molecule has 1 atom stereocenters. The Morgan fingerprint density at radius 2 is 2.20 bits per heavy atom. The van der Waals surface area contributed by atoms with Gasteiger partial charge in [0.15, 0.2) is 0 Å². The van der Waals surface area contributed by atoms with Gasteiger partial charge in [0.2, 0.25) is 0 Å². The minimum atomic E-state index is 0.414. The Kier molecular flexibility index (Phi) is 5.22. The fourth-order valence-electron chi connectivity index (χ4n) is 1.38. The molecule has 1 aromatic heterocycles. The summed E-state index contributed by atoms with van der Waals surface area (Å²) in [6.45, 7) is 8.04. The van der Waals surface area contributed by atoms with Crippen molar-refractivity contribution in [2.24, 2.45) is 0 Å². The normalized spacial score (nSPS) is 13.1. The van der Waals surface area contributed by atoms with Crippen molar-refractivity contribution in [1.29, 1.82) is 0 Å². The summed E-state index contributed by atoms with van der Waals surface area (Å²) in [6.07, 6.45) is 1.01. The van der Waals surface area contributed by atoms with Crippen molar-refractivity contribution in [1.82, 2.24) is 10.3 Å². The molecule has 0 aromatic carbocycles. The van der Waals surface area contributed by atoms with Gasteiger partial charge in [0.25, 0.3) is 0 Å². The van der Waals surface area contributed by atoms with Gasteiger partial charge in [-0.05, 0) is 20.8 Å². The average Bonchev–Trinajstić information content (AvgIpc) is 2.46. The number of nitrogens with one attached hydrogen (secondary N) is 1. The van der Waals surface area contributed by atoms with Crippen LogP contribution in [0.15, 0.2) is 0 Å². The highest BCUT2D eigenvalue weighted by atomic mass is 32.1. The largest absolute Gasteiger partial charge is 0.383 e. The maximum Gasteiger partial charge on any atom is 0.0943 e. The van der Waals surface area contributed by atoms with E-state index in [1.807, 2.05) is 0 Å². The highest BCUT2D eigenvalue weighted by Crippen LogP contribution is 2.16. The molecule has 0 radical (unpaired) electrons. The van der Waals surface area contributed by atoms with Gasteiger partial charge < -0.3 is 10.1 Å². The van der Waals surface area contributed by atoms with Crippen LogP contribution >= 0.6 is 11.3 Å². The van der Waals surface area contributed by atoms with Crippen molar-refractivity contribution in [2.45, 2.75) is 33.2 Å². The first-order valence-electron chi connectivity index (χ1n) is 5.28. The second-order valence-electron chi connectivity index (χ2n) is 3.81. The van der Waals surface area contributed by atoms with E-state index >= 15 is 0 Å². The van der Waals surface area contributed by atoms with Gasteiger partial charge in [0.05, 0.1) is 17.3 Å². The van der Waals surface area contributed by atoms with E-state index in [4.69, 9.17) is 4.74 Å². The third-order valence-corrected chi connectivity index (χ3v) is 3.45. The molecule has 1 heterocycles. The molecule has 1 aromatic rings. The van der Waals surface area contributed by atoms with Crippen LogP contribution in [0.5, 0.6) is 0 Å². The summed E-state index contributed by atoms with van der Waals surface area (Å²) in [4.78, 5) is 5.83. The molecule has 1 N–H and O–H groups in total. The van der Waals surface area contributed by atoms with Crippen molar-refractivity contribution in [3.8, 4) is 0 Å². The van der Waals surface area contributed by atoms with Crippen molar-refractivity contribution in [2.75, 3.05) is 20.3 Å². The first kappa shape index (κ1) is 12.6. The molecule has 86 valence electrons. The fourth-order valence-corrected chi connectivity index (χ4v) is 2.31. The highest BCUT2D eigenvalue weighted by molar-refractivity contribution is 7.11. The lowest BCUT2D eigenvalue weighted by molar-refractivity contribution is 0.172. The maximum atomic E-state index is 5.05. The molecule has 0 spiro atoms. The number of ether oxygens (including phenoxy) is 1. The Morgan fingerprint density at radius 3 is 2.73 bits per heavy atom. The molecule has 0 saturated carbocycles. The standard InChI is InChI=1S/C11H20N2OS/c1-8(7-14-4)12-6-5-11-13-9(2)10(3)15-11/h8,12H,5-7H2,1-4H3. The molecule has 4 heteroatoms. The van der Waals surface area contributed by atoms with E-state index in [1.54, 1.807) is 18.4 Å². The van der Waals surface area contributed by atoms with E-state index in [1.165, 1.54) is 15.6 Å². The SMILES string of the molecule is COCC(C)NCCc1nc(C)c(C)s1. The van der Waals surface area contributed by atoms with Gasteiger partial charge in [-0.25, -0.2) is 4.98 Å². The van der Waals surface area contributed by atoms with Crippen LogP contribution in [-0.4, -0.2) is 31.3 Å². The molecule has 0 aliphatic rings. The fraction of sp³-hybridized carbons (Fsp3) is 0.727. The number of methoxy groups -OCH3 is 1. The van der Waals surface area contributed by atoms with Crippen LogP contribution in [0, 0.1) is 13.8 Å². The maximum absolute atomic E-state index is 5.05. The second-order valence-corrected chi connectivity index (χ2v) is 5.10. The van der Waals surface area contributed by atoms with E-state index in [0.29, 0.717) is 6.04 Å². The zero-order chi connectivity index (χ0) is 11.3. The van der Waals surface area contributed by atoms with Gasteiger partial charge >= 0.3 is 0 Å². The molecule has 0 saturated heterocycles. The van der Waals surface area contributed by atoms with Crippen LogP contribution in [0.2, 0.25) is 0 Å². The Balaban J connectivity index is 2.25. The van der Waals surface area contributed by atoms with Crippen LogP contribution in [0.1, 0.15) is 22.5 Å². The molecule has 0 fully saturated rings. The summed E-state index contributed by atoms with van der Waals surface area (Å²) in [5, 5.41) is 4.63. The Morgan fingerprint density at radius 1 is 1.47 bits per heavy atom. The van der Waals surface area contributed by atoms with E-state index < -0.39 is 0 Å². The lowest BCUT2D eigenvalue weighted by Crippen LogP contribution is -2.31. The van der Waals surface area contributed by atoms with Gasteiger partial charge in [-0.15, -0.1) is 11.3 Å². The van der Waals surface area contributed by atoms with Crippen LogP contribution in [0.3, 0.4) is 0 Å². The number of aryl methyl sites for hydroxylation is 2. The van der Waals surface area contributed by atoms with Crippen LogP contribution in [0.25, 0.3) is 0 Å². The third kappa shape index (κ3) is 4.28. The number of hydrogen-bond acceptors (Lipinski definition) is 4. The molecule has 0 amide bonds. The summed E-state index contributed by atoms with van der Waals surface area (Å²) in [7, 11) is 1.73. The Hall–Kier alpha value is -0.450. The number of aromatic nitrogens is 1. The van der Waals surface area contributed by atoms with Crippen LogP contribution < -0.4 is 5.32 Å². The summed E-state index contributed by atoms with van der Waals surface area (Å²) in [6, 6.07) is 0.414. The quantitative estimate of drug-likeness (QED) is 0.808. The van der Waals surface area contributed by atoms with E-state index in [0.717, 1.165) is 19.6 Å². The van der Waals surface area contributed by atoms with Crippen LogP contribution in [0.4, 0.5) is 0 Å². The van der Waals surface area contributed by atoms with E-state index in [9.17, 15) is 0 Å². The van der Waals surface area contributed by atoms with Gasteiger partial charge in [-0.2, -0.15) is 0 Å². The number of thiazole rings is 1. The molecular formula is C11H20N2OS. The van der Waals surface area contributed by atoms with Crippen molar-refractivity contribution in [3.63, 3.8) is 0 Å². The van der Waals surface area contributed by atoms with E-state index in [2.05, 4.69) is 31.1 Å². The first-order valence-corrected chi connectivity index (χ1v) is 6.10. The summed E-state index contributed by atoms with van der Waals surface area (Å²) in [5.74, 6) is 0. The molecule has 15 heavy (non-hydrogen) atoms. The van der Waals surface area contributed by atoms with Gasteiger partial charge in [0.1, 0.15) is 0 Å². The smallest absolute Gasteiger partial charge is 0.0943 e. The number of rotatable bonds is 6. The van der Waals surface area contributed by atoms with Crippen LogP contribution in [-0.2, 0) is 11.2 Å². The van der Waals surface area contributed by atoms with Gasteiger partial charge in [-0.3, -0.25) is 0 Å². The molecule has 1 rings (SSSR count). The zero-order valence-electron chi connectivity index (χ0n) is 9.96. The average molecular weight is 228 g/mol. The summed E-state index contributed by atoms with van der Waals surface area (Å²) < 4.78 is 5.05. The highest BCUT2D eigenvalue weighted by Gasteiger charge is 2.04. The predicted octanol–water partition coefficient (Wildman–Crippen LogP) is 1.93. The first-order chi connectivity index (χ1) is 7.13.